The summed E-state index contributed by atoms with van der Waals surface area (Å²) in [5.41, 5.74) is 7.74. The van der Waals surface area contributed by atoms with Crippen LogP contribution >= 0.6 is 12.4 Å². The second-order valence-corrected chi connectivity index (χ2v) is 6.57. The standard InChI is InChI=1S/C21H26N2O3.ClH/c22-18(16-8-2-1-3-9-16)14-21(24)23-19-11-4-5-12-20(19)26-15-17-10-6-7-13-25-17;/h1-5,8-9,11-12,17-18H,6-7,10,13-15,22H2,(H,23,24);1H. The van der Waals surface area contributed by atoms with Gasteiger partial charge in [0.2, 0.25) is 5.91 Å². The summed E-state index contributed by atoms with van der Waals surface area (Å²) in [4.78, 5) is 12.4. The zero-order valence-electron chi connectivity index (χ0n) is 15.3. The molecule has 2 unspecified atom stereocenters. The number of carbonyl (C=O) groups excluding carboxylic acids is 1. The van der Waals surface area contributed by atoms with Crippen molar-refractivity contribution in [1.29, 1.82) is 0 Å². The number of anilines is 1. The van der Waals surface area contributed by atoms with Gasteiger partial charge >= 0.3 is 0 Å². The number of nitrogens with one attached hydrogen (secondary N) is 1. The first-order valence-electron chi connectivity index (χ1n) is 9.16. The minimum absolute atomic E-state index is 0. The van der Waals surface area contributed by atoms with Crippen molar-refractivity contribution in [2.45, 2.75) is 37.8 Å². The Kier molecular flexibility index (Phi) is 8.58. The van der Waals surface area contributed by atoms with E-state index in [-0.39, 0.29) is 36.9 Å². The number of ether oxygens (including phenoxy) is 2. The molecule has 1 aliphatic rings. The van der Waals surface area contributed by atoms with E-state index in [4.69, 9.17) is 15.2 Å². The number of para-hydroxylation sites is 2. The van der Waals surface area contributed by atoms with Gasteiger partial charge in [-0.1, -0.05) is 42.5 Å². The first-order valence-corrected chi connectivity index (χ1v) is 9.16. The van der Waals surface area contributed by atoms with E-state index in [1.165, 1.54) is 6.42 Å². The van der Waals surface area contributed by atoms with E-state index >= 15 is 0 Å². The van der Waals surface area contributed by atoms with Crippen molar-refractivity contribution in [3.63, 3.8) is 0 Å². The van der Waals surface area contributed by atoms with E-state index in [0.717, 1.165) is 25.0 Å². The van der Waals surface area contributed by atoms with Crippen molar-refractivity contribution in [2.24, 2.45) is 5.73 Å². The maximum absolute atomic E-state index is 12.4. The molecule has 1 fully saturated rings. The molecule has 0 aliphatic carbocycles. The summed E-state index contributed by atoms with van der Waals surface area (Å²) in [6.07, 6.45) is 3.64. The molecular weight excluding hydrogens is 364 g/mol. The van der Waals surface area contributed by atoms with E-state index in [9.17, 15) is 4.79 Å². The van der Waals surface area contributed by atoms with Gasteiger partial charge in [0.1, 0.15) is 12.4 Å². The average molecular weight is 391 g/mol. The monoisotopic (exact) mass is 390 g/mol. The highest BCUT2D eigenvalue weighted by Crippen LogP contribution is 2.26. The lowest BCUT2D eigenvalue weighted by molar-refractivity contribution is -0.116. The molecule has 3 N–H and O–H groups in total. The summed E-state index contributed by atoms with van der Waals surface area (Å²) in [5.74, 6) is 0.523. The van der Waals surface area contributed by atoms with Gasteiger partial charge in [-0.15, -0.1) is 12.4 Å². The number of amides is 1. The van der Waals surface area contributed by atoms with Gasteiger partial charge in [-0.05, 0) is 37.0 Å². The highest BCUT2D eigenvalue weighted by molar-refractivity contribution is 5.92. The van der Waals surface area contributed by atoms with Crippen LogP contribution in [0.5, 0.6) is 5.75 Å². The molecule has 5 nitrogen and oxygen atoms in total. The first-order chi connectivity index (χ1) is 12.7. The fraction of sp³-hybridized carbons (Fsp3) is 0.381. The molecule has 0 spiro atoms. The Bertz CT molecular complexity index is 706. The predicted octanol–water partition coefficient (Wildman–Crippen LogP) is 4.08. The smallest absolute Gasteiger partial charge is 0.226 e. The van der Waals surface area contributed by atoms with Crippen LogP contribution in [0.15, 0.2) is 54.6 Å². The van der Waals surface area contributed by atoms with Crippen molar-refractivity contribution >= 4 is 24.0 Å². The molecule has 146 valence electrons. The normalized spacial score (nSPS) is 17.4. The van der Waals surface area contributed by atoms with Crippen LogP contribution in [0.1, 0.15) is 37.3 Å². The Morgan fingerprint density at radius 1 is 1.15 bits per heavy atom. The molecule has 3 rings (SSSR count). The number of carbonyl (C=O) groups is 1. The lowest BCUT2D eigenvalue weighted by Gasteiger charge is -2.23. The molecule has 27 heavy (non-hydrogen) atoms. The van der Waals surface area contributed by atoms with Gasteiger partial charge in [0, 0.05) is 19.1 Å². The molecule has 1 amide bonds. The van der Waals surface area contributed by atoms with Crippen molar-refractivity contribution in [3.8, 4) is 5.75 Å². The first kappa shape index (κ1) is 21.2. The van der Waals surface area contributed by atoms with Crippen molar-refractivity contribution in [1.82, 2.24) is 0 Å². The van der Waals surface area contributed by atoms with Gasteiger partial charge in [-0.2, -0.15) is 0 Å². The third-order valence-corrected chi connectivity index (χ3v) is 4.49. The van der Waals surface area contributed by atoms with Crippen LogP contribution in [0.25, 0.3) is 0 Å². The zero-order chi connectivity index (χ0) is 18.2. The second-order valence-electron chi connectivity index (χ2n) is 6.57. The Balaban J connectivity index is 0.00000261. The van der Waals surface area contributed by atoms with Crippen LogP contribution in [0.4, 0.5) is 5.69 Å². The predicted molar refractivity (Wildman–Crippen MR) is 109 cm³/mol. The van der Waals surface area contributed by atoms with Crippen LogP contribution in [0, 0.1) is 0 Å². The number of benzene rings is 2. The number of rotatable bonds is 7. The number of hydrogen-bond acceptors (Lipinski definition) is 4. The van der Waals surface area contributed by atoms with Gasteiger partial charge in [0.25, 0.3) is 0 Å². The van der Waals surface area contributed by atoms with Crippen LogP contribution in [-0.4, -0.2) is 25.2 Å². The fourth-order valence-corrected chi connectivity index (χ4v) is 3.04. The fourth-order valence-electron chi connectivity index (χ4n) is 3.04. The second kappa shape index (κ2) is 10.9. The molecule has 0 bridgehead atoms. The Labute approximate surface area is 166 Å². The number of hydrogen-bond donors (Lipinski definition) is 2. The molecule has 6 heteroatoms. The third kappa shape index (κ3) is 6.54. The molecule has 0 saturated carbocycles. The lowest BCUT2D eigenvalue weighted by Crippen LogP contribution is -2.26. The summed E-state index contributed by atoms with van der Waals surface area (Å²) in [7, 11) is 0. The topological polar surface area (TPSA) is 73.6 Å². The summed E-state index contributed by atoms with van der Waals surface area (Å²) in [6, 6.07) is 16.8. The molecule has 2 aromatic carbocycles. The molecule has 0 radical (unpaired) electrons. The summed E-state index contributed by atoms with van der Waals surface area (Å²) >= 11 is 0. The zero-order valence-corrected chi connectivity index (χ0v) is 16.1. The maximum atomic E-state index is 12.4. The SMILES string of the molecule is Cl.NC(CC(=O)Nc1ccccc1OCC1CCCCO1)c1ccccc1. The highest BCUT2D eigenvalue weighted by Gasteiger charge is 2.17. The van der Waals surface area contributed by atoms with Gasteiger partial charge in [0.15, 0.2) is 0 Å². The summed E-state index contributed by atoms with van der Waals surface area (Å²) in [5, 5.41) is 2.91. The van der Waals surface area contributed by atoms with Gasteiger partial charge in [-0.3, -0.25) is 4.79 Å². The molecule has 1 saturated heterocycles. The molecule has 1 heterocycles. The van der Waals surface area contributed by atoms with Crippen LogP contribution in [-0.2, 0) is 9.53 Å². The Morgan fingerprint density at radius 2 is 1.89 bits per heavy atom. The van der Waals surface area contributed by atoms with Crippen molar-refractivity contribution < 1.29 is 14.3 Å². The summed E-state index contributed by atoms with van der Waals surface area (Å²) in [6.45, 7) is 1.29. The van der Waals surface area contributed by atoms with Crippen molar-refractivity contribution in [3.05, 3.63) is 60.2 Å². The quantitative estimate of drug-likeness (QED) is 0.746. The van der Waals surface area contributed by atoms with E-state index in [2.05, 4.69) is 5.32 Å². The van der Waals surface area contributed by atoms with E-state index in [1.807, 2.05) is 54.6 Å². The minimum atomic E-state index is -0.333. The molecule has 0 aromatic heterocycles. The number of halogens is 1. The maximum Gasteiger partial charge on any atom is 0.226 e. The third-order valence-electron chi connectivity index (χ3n) is 4.49. The van der Waals surface area contributed by atoms with Crippen LogP contribution < -0.4 is 15.8 Å². The van der Waals surface area contributed by atoms with Crippen LogP contribution in [0.2, 0.25) is 0 Å². The van der Waals surface area contributed by atoms with E-state index in [0.29, 0.717) is 18.0 Å². The molecule has 2 atom stereocenters. The van der Waals surface area contributed by atoms with Gasteiger partial charge < -0.3 is 20.5 Å². The number of nitrogens with two attached hydrogens (primary N) is 1. The Morgan fingerprint density at radius 3 is 2.63 bits per heavy atom. The largest absolute Gasteiger partial charge is 0.489 e. The average Bonchev–Trinajstić information content (AvgIpc) is 2.68. The highest BCUT2D eigenvalue weighted by atomic mass is 35.5. The van der Waals surface area contributed by atoms with E-state index in [1.54, 1.807) is 0 Å². The summed E-state index contributed by atoms with van der Waals surface area (Å²) < 4.78 is 11.6. The van der Waals surface area contributed by atoms with Crippen LogP contribution in [0.3, 0.4) is 0 Å². The van der Waals surface area contributed by atoms with E-state index < -0.39 is 0 Å². The van der Waals surface area contributed by atoms with Crippen molar-refractivity contribution in [2.75, 3.05) is 18.5 Å². The van der Waals surface area contributed by atoms with Gasteiger partial charge in [-0.25, -0.2) is 0 Å². The molecule has 2 aromatic rings. The lowest BCUT2D eigenvalue weighted by atomic mass is 10.0. The molecule has 1 aliphatic heterocycles. The Hall–Kier alpha value is -2.08. The van der Waals surface area contributed by atoms with Gasteiger partial charge in [0.05, 0.1) is 11.8 Å². The molecular formula is C21H27ClN2O3. The minimum Gasteiger partial charge on any atom is -0.489 e.